The highest BCUT2D eigenvalue weighted by atomic mass is 35.5. The van der Waals surface area contributed by atoms with Crippen LogP contribution in [-0.4, -0.2) is 64.7 Å². The van der Waals surface area contributed by atoms with Gasteiger partial charge in [-0.15, -0.1) is 0 Å². The van der Waals surface area contributed by atoms with Gasteiger partial charge in [-0.1, -0.05) is 36.2 Å². The predicted octanol–water partition coefficient (Wildman–Crippen LogP) is 3.72. The van der Waals surface area contributed by atoms with E-state index in [1.165, 1.54) is 25.2 Å². The first kappa shape index (κ1) is 29.5. The number of hydrogen-bond donors (Lipinski definition) is 1. The maximum atomic E-state index is 13.6. The van der Waals surface area contributed by atoms with Crippen molar-refractivity contribution >= 4 is 50.7 Å². The molecule has 2 aromatic carbocycles. The van der Waals surface area contributed by atoms with Gasteiger partial charge in [0.2, 0.25) is 21.8 Å². The summed E-state index contributed by atoms with van der Waals surface area (Å²) in [5, 5.41) is 3.42. The lowest BCUT2D eigenvalue weighted by Crippen LogP contribution is -2.51. The fourth-order valence-electron chi connectivity index (χ4n) is 3.40. The molecule has 0 saturated heterocycles. The largest absolute Gasteiger partial charge is 0.497 e. The van der Waals surface area contributed by atoms with E-state index in [4.69, 9.17) is 32.7 Å². The van der Waals surface area contributed by atoms with Crippen LogP contribution in [0.25, 0.3) is 0 Å². The number of nitrogens with zero attached hydrogens (tertiary/aromatic N) is 2. The smallest absolute Gasteiger partial charge is 0.244 e. The van der Waals surface area contributed by atoms with Crippen molar-refractivity contribution in [3.05, 3.63) is 52.0 Å². The molecule has 2 rings (SSSR count). The Morgan fingerprint density at radius 3 is 2.31 bits per heavy atom. The Kier molecular flexibility index (Phi) is 10.7. The van der Waals surface area contributed by atoms with Gasteiger partial charge in [0.15, 0.2) is 0 Å². The van der Waals surface area contributed by atoms with Gasteiger partial charge in [-0.25, -0.2) is 8.42 Å². The summed E-state index contributed by atoms with van der Waals surface area (Å²) in [6, 6.07) is 8.60. The topological polar surface area (TPSA) is 105 Å². The molecule has 0 bridgehead atoms. The van der Waals surface area contributed by atoms with Crippen LogP contribution in [0.4, 0.5) is 5.69 Å². The zero-order valence-corrected chi connectivity index (χ0v) is 23.2. The van der Waals surface area contributed by atoms with Crippen molar-refractivity contribution in [3.8, 4) is 11.5 Å². The normalized spacial score (nSPS) is 12.0. The molecule has 2 aromatic rings. The van der Waals surface area contributed by atoms with Crippen LogP contribution >= 0.6 is 23.2 Å². The summed E-state index contributed by atoms with van der Waals surface area (Å²) in [7, 11) is -1.10. The molecular weight excluding hydrogens is 529 g/mol. The molecule has 0 saturated carbocycles. The molecule has 0 aromatic heterocycles. The van der Waals surface area contributed by atoms with Crippen LogP contribution in [0.5, 0.6) is 11.5 Å². The van der Waals surface area contributed by atoms with Gasteiger partial charge in [-0.3, -0.25) is 13.9 Å². The van der Waals surface area contributed by atoms with Crippen molar-refractivity contribution in [2.75, 3.05) is 37.9 Å². The lowest BCUT2D eigenvalue weighted by molar-refractivity contribution is -0.139. The Morgan fingerprint density at radius 1 is 1.06 bits per heavy atom. The molecule has 0 aliphatic heterocycles. The highest BCUT2D eigenvalue weighted by Gasteiger charge is 2.31. The number of sulfonamides is 1. The summed E-state index contributed by atoms with van der Waals surface area (Å²) in [4.78, 5) is 27.7. The number of amides is 2. The molecule has 0 spiro atoms. The van der Waals surface area contributed by atoms with E-state index in [1.54, 1.807) is 37.3 Å². The molecule has 198 valence electrons. The van der Waals surface area contributed by atoms with E-state index in [9.17, 15) is 18.0 Å². The van der Waals surface area contributed by atoms with Crippen LogP contribution in [0.1, 0.15) is 25.8 Å². The Morgan fingerprint density at radius 2 is 1.75 bits per heavy atom. The lowest BCUT2D eigenvalue weighted by atomic mass is 10.1. The average Bonchev–Trinajstić information content (AvgIpc) is 2.84. The summed E-state index contributed by atoms with van der Waals surface area (Å²) in [6.45, 7) is 3.36. The Hall–Kier alpha value is -2.69. The number of anilines is 1. The van der Waals surface area contributed by atoms with Crippen molar-refractivity contribution in [2.24, 2.45) is 0 Å². The highest BCUT2D eigenvalue weighted by Crippen LogP contribution is 2.34. The lowest BCUT2D eigenvalue weighted by Gasteiger charge is -2.32. The van der Waals surface area contributed by atoms with Gasteiger partial charge in [0, 0.05) is 19.2 Å². The number of carbonyl (C=O) groups excluding carboxylic acids is 2. The molecule has 9 nitrogen and oxygen atoms in total. The summed E-state index contributed by atoms with van der Waals surface area (Å²) in [5.41, 5.74) is 0.753. The zero-order valence-electron chi connectivity index (χ0n) is 20.9. The first-order valence-corrected chi connectivity index (χ1v) is 13.7. The maximum absolute atomic E-state index is 13.6. The molecule has 0 radical (unpaired) electrons. The fourth-order valence-corrected chi connectivity index (χ4v) is 4.57. The van der Waals surface area contributed by atoms with Crippen molar-refractivity contribution in [2.45, 2.75) is 32.9 Å². The SMILES string of the molecule is CCCNC(=O)[C@@H](C)N(Cc1ccc(Cl)c(Cl)c1)C(=O)CN(c1cc(OC)ccc1OC)S(C)(=O)=O. The zero-order chi connectivity index (χ0) is 27.0. The summed E-state index contributed by atoms with van der Waals surface area (Å²) < 4.78 is 37.1. The van der Waals surface area contributed by atoms with Gasteiger partial charge >= 0.3 is 0 Å². The molecule has 0 aliphatic carbocycles. The van der Waals surface area contributed by atoms with Gasteiger partial charge in [0.05, 0.1) is 36.2 Å². The van der Waals surface area contributed by atoms with E-state index in [0.29, 0.717) is 27.9 Å². The fraction of sp³-hybridized carbons (Fsp3) is 0.417. The molecule has 1 N–H and O–H groups in total. The second-order valence-electron chi connectivity index (χ2n) is 8.04. The number of rotatable bonds is 12. The first-order chi connectivity index (χ1) is 16.9. The van der Waals surface area contributed by atoms with Crippen LogP contribution in [0.3, 0.4) is 0 Å². The third kappa shape index (κ3) is 7.65. The molecular formula is C24H31Cl2N3O6S. The van der Waals surface area contributed by atoms with Gasteiger partial charge in [-0.2, -0.15) is 0 Å². The third-order valence-electron chi connectivity index (χ3n) is 5.39. The van der Waals surface area contributed by atoms with Crippen LogP contribution in [-0.2, 0) is 26.2 Å². The second-order valence-corrected chi connectivity index (χ2v) is 10.8. The predicted molar refractivity (Wildman–Crippen MR) is 142 cm³/mol. The van der Waals surface area contributed by atoms with Crippen LogP contribution in [0.15, 0.2) is 36.4 Å². The van der Waals surface area contributed by atoms with Gasteiger partial charge in [0.25, 0.3) is 0 Å². The van der Waals surface area contributed by atoms with E-state index in [0.717, 1.165) is 17.0 Å². The molecule has 0 fully saturated rings. The minimum absolute atomic E-state index is 0.00326. The minimum atomic E-state index is -3.94. The van der Waals surface area contributed by atoms with E-state index >= 15 is 0 Å². The number of hydrogen-bond acceptors (Lipinski definition) is 6. The Labute approximate surface area is 222 Å². The summed E-state index contributed by atoms with van der Waals surface area (Å²) >= 11 is 12.2. The van der Waals surface area contributed by atoms with Crippen molar-refractivity contribution in [3.63, 3.8) is 0 Å². The standard InChI is InChI=1S/C24H31Cl2N3O6S/c1-6-11-27-24(31)16(2)28(14-17-7-9-19(25)20(26)12-17)23(30)15-29(36(5,32)33)21-13-18(34-3)8-10-22(21)35-4/h7-10,12-13,16H,6,11,14-15H2,1-5H3,(H,27,31)/t16-/m1/s1. The summed E-state index contributed by atoms with van der Waals surface area (Å²) in [6.07, 6.45) is 1.70. The average molecular weight is 561 g/mol. The molecule has 1 atom stereocenters. The van der Waals surface area contributed by atoms with Crippen molar-refractivity contribution in [1.29, 1.82) is 0 Å². The molecule has 2 amide bonds. The number of nitrogens with one attached hydrogen (secondary N) is 1. The highest BCUT2D eigenvalue weighted by molar-refractivity contribution is 7.92. The number of halogens is 2. The van der Waals surface area contributed by atoms with Crippen LogP contribution in [0.2, 0.25) is 10.0 Å². The number of ether oxygens (including phenoxy) is 2. The molecule has 0 unspecified atom stereocenters. The number of carbonyl (C=O) groups is 2. The molecule has 36 heavy (non-hydrogen) atoms. The monoisotopic (exact) mass is 559 g/mol. The van der Waals surface area contributed by atoms with Gasteiger partial charge < -0.3 is 19.7 Å². The van der Waals surface area contributed by atoms with Crippen LogP contribution < -0.4 is 19.1 Å². The van der Waals surface area contributed by atoms with E-state index in [2.05, 4.69) is 5.32 Å². The number of methoxy groups -OCH3 is 2. The first-order valence-electron chi connectivity index (χ1n) is 11.1. The minimum Gasteiger partial charge on any atom is -0.497 e. The van der Waals surface area contributed by atoms with Crippen molar-refractivity contribution < 1.29 is 27.5 Å². The van der Waals surface area contributed by atoms with Gasteiger partial charge in [0.1, 0.15) is 24.1 Å². The molecule has 0 heterocycles. The Bertz CT molecular complexity index is 1190. The molecule has 12 heteroatoms. The van der Waals surface area contributed by atoms with Crippen molar-refractivity contribution in [1.82, 2.24) is 10.2 Å². The number of benzene rings is 2. The third-order valence-corrected chi connectivity index (χ3v) is 7.25. The Balaban J connectivity index is 2.48. The van der Waals surface area contributed by atoms with Gasteiger partial charge in [-0.05, 0) is 43.2 Å². The van der Waals surface area contributed by atoms with E-state index in [1.807, 2.05) is 6.92 Å². The maximum Gasteiger partial charge on any atom is 0.244 e. The summed E-state index contributed by atoms with van der Waals surface area (Å²) in [5.74, 6) is -0.351. The second kappa shape index (κ2) is 13.0. The quantitative estimate of drug-likeness (QED) is 0.425. The van der Waals surface area contributed by atoms with Crippen LogP contribution in [0, 0.1) is 0 Å². The molecule has 0 aliphatic rings. The van der Waals surface area contributed by atoms with E-state index < -0.39 is 28.5 Å². The van der Waals surface area contributed by atoms with E-state index in [-0.39, 0.29) is 23.9 Å².